The van der Waals surface area contributed by atoms with Crippen molar-refractivity contribution in [3.05, 3.63) is 27.3 Å². The van der Waals surface area contributed by atoms with Crippen molar-refractivity contribution in [1.82, 2.24) is 0 Å². The van der Waals surface area contributed by atoms with Crippen molar-refractivity contribution in [3.63, 3.8) is 0 Å². The molecule has 3 N–H and O–H groups in total. The fraction of sp³-hybridized carbons (Fsp3) is 0.143. The molecule has 1 rings (SSSR count). The summed E-state index contributed by atoms with van der Waals surface area (Å²) in [6, 6.07) is 2.86. The quantitative estimate of drug-likeness (QED) is 0.479. The number of rotatable bonds is 0. The van der Waals surface area contributed by atoms with Crippen LogP contribution in [-0.4, -0.2) is 13.5 Å². The minimum absolute atomic E-state index is 0.342. The first-order chi connectivity index (χ1) is 7.14. The van der Waals surface area contributed by atoms with E-state index in [2.05, 4.69) is 5.14 Å². The Morgan fingerprint density at radius 3 is 2.06 bits per heavy atom. The number of alkyl halides is 3. The van der Waals surface area contributed by atoms with Crippen molar-refractivity contribution in [1.29, 1.82) is 0 Å². The van der Waals surface area contributed by atoms with Gasteiger partial charge in [0.25, 0.3) is 0 Å². The van der Waals surface area contributed by atoms with E-state index in [-0.39, 0.29) is 5.75 Å². The molecule has 0 radical (unpaired) electrons. The first-order valence-corrected chi connectivity index (χ1v) is 5.92. The van der Waals surface area contributed by atoms with E-state index in [0.717, 1.165) is 6.07 Å². The van der Waals surface area contributed by atoms with Gasteiger partial charge in [0.15, 0.2) is 10.9 Å². The summed E-state index contributed by atoms with van der Waals surface area (Å²) in [6.07, 6.45) is -4.39. The molecule has 0 saturated heterocycles. The van der Waals surface area contributed by atoms with Crippen molar-refractivity contribution in [2.75, 3.05) is 0 Å². The number of phenolic OH excluding ortho intramolecular Hbond substituents is 1. The van der Waals surface area contributed by atoms with E-state index in [1.54, 1.807) is 22.6 Å². The lowest BCUT2D eigenvalue weighted by Crippen LogP contribution is -2.04. The Labute approximate surface area is 104 Å². The Hall–Kier alpha value is -0.550. The summed E-state index contributed by atoms with van der Waals surface area (Å²) in [4.78, 5) is 0. The SMILES string of the molecule is N[SH](=O)=O.Oc1cc(C(F)(F)F)ccc1I. The van der Waals surface area contributed by atoms with Gasteiger partial charge in [0, 0.05) is 0 Å². The maximum atomic E-state index is 12.0. The topological polar surface area (TPSA) is 80.4 Å². The smallest absolute Gasteiger partial charge is 0.416 e. The van der Waals surface area contributed by atoms with Gasteiger partial charge in [0.1, 0.15) is 5.75 Å². The second-order valence-corrected chi connectivity index (χ2v) is 4.18. The zero-order valence-electron chi connectivity index (χ0n) is 7.53. The molecule has 0 saturated carbocycles. The van der Waals surface area contributed by atoms with Gasteiger partial charge in [-0.1, -0.05) is 0 Å². The summed E-state index contributed by atoms with van der Waals surface area (Å²) in [5.41, 5.74) is -0.833. The van der Waals surface area contributed by atoms with Gasteiger partial charge in [-0.05, 0) is 40.8 Å². The zero-order valence-corrected chi connectivity index (χ0v) is 10.6. The summed E-state index contributed by atoms with van der Waals surface area (Å²) in [5, 5.41) is 13.0. The molecule has 0 aliphatic carbocycles. The first-order valence-electron chi connectivity index (χ1n) is 3.59. The fourth-order valence-corrected chi connectivity index (χ4v) is 1.02. The normalized spacial score (nSPS) is 10.9. The van der Waals surface area contributed by atoms with E-state index in [1.807, 2.05) is 0 Å². The molecule has 0 aliphatic rings. The zero-order chi connectivity index (χ0) is 12.9. The predicted octanol–water partition coefficient (Wildman–Crippen LogP) is 1.49. The van der Waals surface area contributed by atoms with E-state index < -0.39 is 22.6 Å². The molecule has 0 amide bonds. The average Bonchev–Trinajstić information content (AvgIpc) is 2.06. The minimum Gasteiger partial charge on any atom is -0.507 e. The standard InChI is InChI=1S/C7H4F3IO.H3NO2S/c8-7(9,10)4-1-2-5(11)6(12)3-4;1-4(2)3/h1-3,12H;4H,(H2,1,2,3). The lowest BCUT2D eigenvalue weighted by molar-refractivity contribution is -0.137. The average molecular weight is 369 g/mol. The molecule has 0 aliphatic heterocycles. The van der Waals surface area contributed by atoms with Gasteiger partial charge in [-0.3, -0.25) is 0 Å². The van der Waals surface area contributed by atoms with E-state index >= 15 is 0 Å². The van der Waals surface area contributed by atoms with E-state index in [4.69, 9.17) is 13.5 Å². The highest BCUT2D eigenvalue weighted by Gasteiger charge is 2.30. The summed E-state index contributed by atoms with van der Waals surface area (Å²) in [6.45, 7) is 0. The highest BCUT2D eigenvalue weighted by molar-refractivity contribution is 14.1. The van der Waals surface area contributed by atoms with Crippen LogP contribution >= 0.6 is 22.6 Å². The third-order valence-corrected chi connectivity index (χ3v) is 2.19. The van der Waals surface area contributed by atoms with Crippen molar-refractivity contribution >= 4 is 33.5 Å². The van der Waals surface area contributed by atoms with Gasteiger partial charge in [-0.2, -0.15) is 13.2 Å². The number of halogens is 4. The van der Waals surface area contributed by atoms with Crippen LogP contribution in [0.4, 0.5) is 13.2 Å². The fourth-order valence-electron chi connectivity index (χ4n) is 0.689. The number of thiol groups is 1. The number of benzene rings is 1. The number of aromatic hydroxyl groups is 1. The highest BCUT2D eigenvalue weighted by atomic mass is 127. The van der Waals surface area contributed by atoms with Crippen molar-refractivity contribution in [2.45, 2.75) is 6.18 Å². The Morgan fingerprint density at radius 1 is 1.31 bits per heavy atom. The van der Waals surface area contributed by atoms with Crippen LogP contribution in [0.5, 0.6) is 5.75 Å². The molecule has 16 heavy (non-hydrogen) atoms. The van der Waals surface area contributed by atoms with E-state index in [9.17, 15) is 13.2 Å². The third-order valence-electron chi connectivity index (χ3n) is 1.27. The molecule has 1 aromatic rings. The number of phenols is 1. The van der Waals surface area contributed by atoms with Gasteiger partial charge in [-0.25, -0.2) is 13.6 Å². The maximum absolute atomic E-state index is 12.0. The van der Waals surface area contributed by atoms with Crippen LogP contribution in [0.3, 0.4) is 0 Å². The van der Waals surface area contributed by atoms with Gasteiger partial charge < -0.3 is 5.11 Å². The van der Waals surface area contributed by atoms with Gasteiger partial charge in [0.2, 0.25) is 0 Å². The first kappa shape index (κ1) is 15.4. The Balaban J connectivity index is 0.000000487. The van der Waals surface area contributed by atoms with Crippen LogP contribution in [0.2, 0.25) is 0 Å². The minimum atomic E-state index is -4.39. The summed E-state index contributed by atoms with van der Waals surface area (Å²) >= 11 is 1.75. The third kappa shape index (κ3) is 6.12. The number of hydrogen-bond acceptors (Lipinski definition) is 3. The molecule has 0 fully saturated rings. The molecule has 4 nitrogen and oxygen atoms in total. The Bertz CT molecular complexity index is 425. The molecule has 0 bridgehead atoms. The van der Waals surface area contributed by atoms with Gasteiger partial charge in [0.05, 0.1) is 9.13 Å². The summed E-state index contributed by atoms with van der Waals surface area (Å²) < 4.78 is 54.0. The summed E-state index contributed by atoms with van der Waals surface area (Å²) in [7, 11) is -2.62. The van der Waals surface area contributed by atoms with Gasteiger partial charge >= 0.3 is 6.18 Å². The van der Waals surface area contributed by atoms with E-state index in [0.29, 0.717) is 9.64 Å². The molecule has 0 heterocycles. The predicted molar refractivity (Wildman–Crippen MR) is 60.3 cm³/mol. The molecule has 0 spiro atoms. The van der Waals surface area contributed by atoms with Crippen molar-refractivity contribution in [3.8, 4) is 5.75 Å². The maximum Gasteiger partial charge on any atom is 0.416 e. The molecule has 1 aromatic carbocycles. The second kappa shape index (κ2) is 6.25. The van der Waals surface area contributed by atoms with Crippen LogP contribution in [0, 0.1) is 3.57 Å². The van der Waals surface area contributed by atoms with E-state index in [1.165, 1.54) is 6.07 Å². The highest BCUT2D eigenvalue weighted by Crippen LogP contribution is 2.32. The molecule has 92 valence electrons. The monoisotopic (exact) mass is 369 g/mol. The molecule has 0 aromatic heterocycles. The Morgan fingerprint density at radius 2 is 1.75 bits per heavy atom. The summed E-state index contributed by atoms with van der Waals surface area (Å²) in [5.74, 6) is -0.342. The van der Waals surface area contributed by atoms with Crippen LogP contribution in [-0.2, 0) is 17.1 Å². The lowest BCUT2D eigenvalue weighted by Gasteiger charge is -2.06. The van der Waals surface area contributed by atoms with Crippen LogP contribution in [0.25, 0.3) is 0 Å². The van der Waals surface area contributed by atoms with Gasteiger partial charge in [-0.15, -0.1) is 0 Å². The van der Waals surface area contributed by atoms with Crippen LogP contribution in [0.1, 0.15) is 5.56 Å². The lowest BCUT2D eigenvalue weighted by atomic mass is 10.2. The number of nitrogens with two attached hydrogens (primary N) is 1. The van der Waals surface area contributed by atoms with Crippen LogP contribution < -0.4 is 5.14 Å². The molecule has 0 atom stereocenters. The van der Waals surface area contributed by atoms with Crippen LogP contribution in [0.15, 0.2) is 18.2 Å². The molecule has 9 heteroatoms. The Kier molecular flexibility index (Phi) is 6.04. The number of hydrogen-bond donors (Lipinski definition) is 3. The second-order valence-electron chi connectivity index (χ2n) is 2.45. The van der Waals surface area contributed by atoms with Crippen molar-refractivity contribution < 1.29 is 26.7 Å². The largest absolute Gasteiger partial charge is 0.507 e. The molecular weight excluding hydrogens is 362 g/mol. The van der Waals surface area contributed by atoms with Crippen molar-refractivity contribution in [2.24, 2.45) is 5.14 Å². The molecule has 0 unspecified atom stereocenters. The molecular formula is C7H7F3INO3S.